The summed E-state index contributed by atoms with van der Waals surface area (Å²) in [4.78, 5) is 4.86. The van der Waals surface area contributed by atoms with Gasteiger partial charge in [-0.15, -0.1) is 0 Å². The maximum Gasteiger partial charge on any atom is 0.133 e. The zero-order valence-corrected chi connectivity index (χ0v) is 14.3. The lowest BCUT2D eigenvalue weighted by Crippen LogP contribution is -2.35. The van der Waals surface area contributed by atoms with Crippen LogP contribution in [-0.4, -0.2) is 50.6 Å². The molecule has 0 radical (unpaired) electrons. The molecule has 0 saturated carbocycles. The number of likely N-dealkylation sites (tertiary alicyclic amines) is 1. The monoisotopic (exact) mass is 340 g/mol. The molecule has 0 bridgehead atoms. The number of ether oxygens (including phenoxy) is 1. The van der Waals surface area contributed by atoms with Crippen LogP contribution in [0, 0.1) is 5.92 Å². The maximum atomic E-state index is 5.27. The summed E-state index contributed by atoms with van der Waals surface area (Å²) in [6.45, 7) is 4.67. The van der Waals surface area contributed by atoms with Crippen molar-refractivity contribution in [3.63, 3.8) is 0 Å². The smallest absolute Gasteiger partial charge is 0.133 e. The van der Waals surface area contributed by atoms with Crippen LogP contribution in [0.2, 0.25) is 0 Å². The van der Waals surface area contributed by atoms with Gasteiger partial charge in [-0.05, 0) is 79.6 Å². The highest BCUT2D eigenvalue weighted by atomic mass is 79.9. The molecule has 0 N–H and O–H groups in total. The Labute approximate surface area is 131 Å². The molecule has 1 heterocycles. The molecule has 20 heavy (non-hydrogen) atoms. The molecule has 112 valence electrons. The van der Waals surface area contributed by atoms with Crippen molar-refractivity contribution in [1.82, 2.24) is 9.80 Å². The highest BCUT2D eigenvalue weighted by Gasteiger charge is 2.18. The van der Waals surface area contributed by atoms with Crippen LogP contribution in [0.5, 0.6) is 5.75 Å². The van der Waals surface area contributed by atoms with E-state index in [0.29, 0.717) is 0 Å². The van der Waals surface area contributed by atoms with Gasteiger partial charge in [-0.2, -0.15) is 0 Å². The highest BCUT2D eigenvalue weighted by Crippen LogP contribution is 2.26. The Kier molecular flexibility index (Phi) is 5.87. The lowest BCUT2D eigenvalue weighted by Gasteiger charge is -2.31. The van der Waals surface area contributed by atoms with Crippen molar-refractivity contribution in [3.8, 4) is 5.75 Å². The molecule has 1 saturated heterocycles. The number of nitrogens with zero attached hydrogens (tertiary/aromatic N) is 2. The van der Waals surface area contributed by atoms with E-state index in [1.165, 1.54) is 38.0 Å². The Morgan fingerprint density at radius 2 is 2.05 bits per heavy atom. The summed E-state index contributed by atoms with van der Waals surface area (Å²) in [5.74, 6) is 1.74. The molecule has 1 aromatic rings. The summed E-state index contributed by atoms with van der Waals surface area (Å²) in [5.41, 5.74) is 1.33. The number of methoxy groups -OCH3 is 1. The summed E-state index contributed by atoms with van der Waals surface area (Å²) in [6.07, 6.45) is 2.65. The van der Waals surface area contributed by atoms with Crippen molar-refractivity contribution in [1.29, 1.82) is 0 Å². The number of halogens is 1. The maximum absolute atomic E-state index is 5.27. The fourth-order valence-corrected chi connectivity index (χ4v) is 3.46. The Morgan fingerprint density at radius 1 is 1.35 bits per heavy atom. The Morgan fingerprint density at radius 3 is 2.65 bits per heavy atom. The standard InChI is InChI=1S/C16H25BrN2O/c1-18-8-6-13(7-9-18)11-19(2)12-14-4-5-16(20-3)15(17)10-14/h4-5,10,13H,6-9,11-12H2,1-3H3. The predicted octanol–water partition coefficient (Wildman–Crippen LogP) is 3.23. The van der Waals surface area contributed by atoms with Crippen LogP contribution in [0.15, 0.2) is 22.7 Å². The number of hydrogen-bond donors (Lipinski definition) is 0. The fourth-order valence-electron chi connectivity index (χ4n) is 2.87. The molecule has 4 heteroatoms. The fraction of sp³-hybridized carbons (Fsp3) is 0.625. The highest BCUT2D eigenvalue weighted by molar-refractivity contribution is 9.10. The second-order valence-electron chi connectivity index (χ2n) is 5.91. The first-order valence-electron chi connectivity index (χ1n) is 7.28. The molecule has 0 unspecified atom stereocenters. The van der Waals surface area contributed by atoms with Gasteiger partial charge in [0.25, 0.3) is 0 Å². The van der Waals surface area contributed by atoms with Crippen molar-refractivity contribution in [3.05, 3.63) is 28.2 Å². The minimum absolute atomic E-state index is 0.845. The van der Waals surface area contributed by atoms with Crippen molar-refractivity contribution in [2.45, 2.75) is 19.4 Å². The number of hydrogen-bond acceptors (Lipinski definition) is 3. The van der Waals surface area contributed by atoms with Gasteiger partial charge in [0, 0.05) is 13.1 Å². The van der Waals surface area contributed by atoms with Gasteiger partial charge >= 0.3 is 0 Å². The van der Waals surface area contributed by atoms with Gasteiger partial charge in [0.15, 0.2) is 0 Å². The van der Waals surface area contributed by atoms with Crippen LogP contribution in [0.25, 0.3) is 0 Å². The minimum atomic E-state index is 0.845. The van der Waals surface area contributed by atoms with Crippen LogP contribution in [0.1, 0.15) is 18.4 Å². The lowest BCUT2D eigenvalue weighted by molar-refractivity contribution is 0.173. The van der Waals surface area contributed by atoms with Crippen molar-refractivity contribution >= 4 is 15.9 Å². The van der Waals surface area contributed by atoms with E-state index in [0.717, 1.165) is 22.7 Å². The molecule has 0 aromatic heterocycles. The van der Waals surface area contributed by atoms with Crippen LogP contribution in [0.3, 0.4) is 0 Å². The van der Waals surface area contributed by atoms with Crippen LogP contribution in [0.4, 0.5) is 0 Å². The first-order valence-corrected chi connectivity index (χ1v) is 8.07. The Hall–Kier alpha value is -0.580. The summed E-state index contributed by atoms with van der Waals surface area (Å²) in [7, 11) is 6.14. The normalized spacial score (nSPS) is 17.6. The molecule has 1 aliphatic heterocycles. The molecule has 0 amide bonds. The second kappa shape index (κ2) is 7.43. The largest absolute Gasteiger partial charge is 0.496 e. The molecule has 1 aliphatic rings. The zero-order valence-electron chi connectivity index (χ0n) is 12.7. The topological polar surface area (TPSA) is 15.7 Å². The first-order chi connectivity index (χ1) is 9.58. The molecule has 1 fully saturated rings. The SMILES string of the molecule is COc1ccc(CN(C)CC2CCN(C)CC2)cc1Br. The Balaban J connectivity index is 1.85. The van der Waals surface area contributed by atoms with E-state index >= 15 is 0 Å². The van der Waals surface area contributed by atoms with Crippen LogP contribution in [-0.2, 0) is 6.54 Å². The molecule has 0 spiro atoms. The lowest BCUT2D eigenvalue weighted by atomic mass is 9.96. The zero-order chi connectivity index (χ0) is 14.5. The van der Waals surface area contributed by atoms with Crippen molar-refractivity contribution in [2.24, 2.45) is 5.92 Å². The number of benzene rings is 1. The van der Waals surface area contributed by atoms with Gasteiger partial charge in [0.2, 0.25) is 0 Å². The van der Waals surface area contributed by atoms with E-state index < -0.39 is 0 Å². The average Bonchev–Trinajstić information content (AvgIpc) is 2.41. The van der Waals surface area contributed by atoms with Crippen LogP contribution >= 0.6 is 15.9 Å². The van der Waals surface area contributed by atoms with Gasteiger partial charge in [-0.3, -0.25) is 0 Å². The molecule has 0 aliphatic carbocycles. The molecule has 2 rings (SSSR count). The van der Waals surface area contributed by atoms with E-state index in [2.05, 4.69) is 52.0 Å². The number of rotatable bonds is 5. The van der Waals surface area contributed by atoms with Gasteiger partial charge in [0.1, 0.15) is 5.75 Å². The van der Waals surface area contributed by atoms with Gasteiger partial charge in [0.05, 0.1) is 11.6 Å². The third kappa shape index (κ3) is 4.47. The van der Waals surface area contributed by atoms with Crippen molar-refractivity contribution < 1.29 is 4.74 Å². The van der Waals surface area contributed by atoms with E-state index in [1.54, 1.807) is 7.11 Å². The predicted molar refractivity (Wildman–Crippen MR) is 87.2 cm³/mol. The van der Waals surface area contributed by atoms with Gasteiger partial charge in [-0.1, -0.05) is 6.07 Å². The summed E-state index contributed by atoms with van der Waals surface area (Å²) in [6, 6.07) is 6.33. The molecular formula is C16H25BrN2O. The van der Waals surface area contributed by atoms with Gasteiger partial charge < -0.3 is 14.5 Å². The minimum Gasteiger partial charge on any atom is -0.496 e. The van der Waals surface area contributed by atoms with E-state index in [4.69, 9.17) is 4.74 Å². The molecule has 3 nitrogen and oxygen atoms in total. The second-order valence-corrected chi connectivity index (χ2v) is 6.77. The van der Waals surface area contributed by atoms with Gasteiger partial charge in [-0.25, -0.2) is 0 Å². The summed E-state index contributed by atoms with van der Waals surface area (Å²) < 4.78 is 6.30. The molecule has 1 aromatic carbocycles. The molecule has 0 atom stereocenters. The summed E-state index contributed by atoms with van der Waals surface area (Å²) >= 11 is 3.55. The molecular weight excluding hydrogens is 316 g/mol. The third-order valence-corrected chi connectivity index (χ3v) is 4.70. The average molecular weight is 341 g/mol. The summed E-state index contributed by atoms with van der Waals surface area (Å²) in [5, 5.41) is 0. The van der Waals surface area contributed by atoms with Crippen molar-refractivity contribution in [2.75, 3.05) is 40.8 Å². The third-order valence-electron chi connectivity index (χ3n) is 4.08. The van der Waals surface area contributed by atoms with E-state index in [-0.39, 0.29) is 0 Å². The number of piperidine rings is 1. The van der Waals surface area contributed by atoms with E-state index in [1.807, 2.05) is 6.07 Å². The van der Waals surface area contributed by atoms with Crippen LogP contribution < -0.4 is 4.74 Å². The Bertz CT molecular complexity index is 430. The van der Waals surface area contributed by atoms with E-state index in [9.17, 15) is 0 Å². The quantitative estimate of drug-likeness (QED) is 0.818. The first kappa shape index (κ1) is 15.8.